The second-order valence-electron chi connectivity index (χ2n) is 4.28. The molecule has 3 nitrogen and oxygen atoms in total. The number of benzene rings is 1. The van der Waals surface area contributed by atoms with E-state index in [1.807, 2.05) is 29.2 Å². The van der Waals surface area contributed by atoms with Crippen molar-refractivity contribution in [2.45, 2.75) is 18.4 Å². The molecule has 0 unspecified atom stereocenters. The topological polar surface area (TPSA) is 32.3 Å². The maximum absolute atomic E-state index is 11.7. The summed E-state index contributed by atoms with van der Waals surface area (Å²) in [6, 6.07) is 7.88. The first kappa shape index (κ1) is 9.21. The number of carbonyl (C=O) groups excluding carboxylic acids is 1. The lowest BCUT2D eigenvalue weighted by molar-refractivity contribution is 0.250. The quantitative estimate of drug-likeness (QED) is 0.833. The summed E-state index contributed by atoms with van der Waals surface area (Å²) in [5.74, 6) is 0. The number of amides is 2. The molecule has 1 spiro atoms. The fraction of sp³-hybridized carbons (Fsp3) is 0.364. The zero-order chi connectivity index (χ0) is 10.5. The van der Waals surface area contributed by atoms with E-state index in [4.69, 9.17) is 0 Å². The molecular weight excluding hydrogens is 256 g/mol. The third-order valence-corrected chi connectivity index (χ3v) is 3.54. The van der Waals surface area contributed by atoms with Crippen LogP contribution < -0.4 is 10.2 Å². The summed E-state index contributed by atoms with van der Waals surface area (Å²) in [4.78, 5) is 13.6. The summed E-state index contributed by atoms with van der Waals surface area (Å²) in [5, 5.41) is 3.04. The molecule has 2 amide bonds. The van der Waals surface area contributed by atoms with Gasteiger partial charge in [0.1, 0.15) is 0 Å². The summed E-state index contributed by atoms with van der Waals surface area (Å²) in [5.41, 5.74) is 1.06. The van der Waals surface area contributed by atoms with Gasteiger partial charge in [-0.2, -0.15) is 0 Å². The van der Waals surface area contributed by atoms with E-state index < -0.39 is 0 Å². The van der Waals surface area contributed by atoms with Gasteiger partial charge in [-0.15, -0.1) is 0 Å². The molecule has 15 heavy (non-hydrogen) atoms. The number of hydrogen-bond donors (Lipinski definition) is 1. The molecule has 2 aliphatic rings. The van der Waals surface area contributed by atoms with Crippen LogP contribution in [0.4, 0.5) is 10.5 Å². The molecule has 1 saturated heterocycles. The molecule has 1 aromatic rings. The Morgan fingerprint density at radius 1 is 1.40 bits per heavy atom. The van der Waals surface area contributed by atoms with Crippen molar-refractivity contribution in [3.8, 4) is 0 Å². The number of nitrogens with one attached hydrogen (secondary N) is 1. The molecule has 0 bridgehead atoms. The normalized spacial score (nSPS) is 21.9. The van der Waals surface area contributed by atoms with E-state index in [1.165, 1.54) is 0 Å². The number of hydrogen-bond acceptors (Lipinski definition) is 1. The van der Waals surface area contributed by atoms with Gasteiger partial charge in [-0.25, -0.2) is 4.79 Å². The number of anilines is 1. The average Bonchev–Trinajstić information content (AvgIpc) is 2.85. The highest BCUT2D eigenvalue weighted by atomic mass is 79.9. The van der Waals surface area contributed by atoms with E-state index in [0.29, 0.717) is 0 Å². The van der Waals surface area contributed by atoms with Crippen molar-refractivity contribution in [1.29, 1.82) is 0 Å². The minimum Gasteiger partial charge on any atom is -0.330 e. The molecule has 1 aliphatic heterocycles. The Hall–Kier alpha value is -1.03. The fourth-order valence-electron chi connectivity index (χ4n) is 1.99. The maximum atomic E-state index is 11.7. The van der Waals surface area contributed by atoms with E-state index in [1.54, 1.807) is 0 Å². The number of nitrogens with zero attached hydrogens (tertiary/aromatic N) is 1. The average molecular weight is 267 g/mol. The van der Waals surface area contributed by atoms with Crippen LogP contribution in [0.25, 0.3) is 0 Å². The van der Waals surface area contributed by atoms with Gasteiger partial charge in [-0.3, -0.25) is 4.90 Å². The highest BCUT2D eigenvalue weighted by Gasteiger charge is 2.51. The van der Waals surface area contributed by atoms with Crippen LogP contribution in [-0.2, 0) is 0 Å². The molecule has 1 N–H and O–H groups in total. The van der Waals surface area contributed by atoms with Crippen LogP contribution in [0.5, 0.6) is 0 Å². The van der Waals surface area contributed by atoms with Crippen LogP contribution in [-0.4, -0.2) is 18.1 Å². The highest BCUT2D eigenvalue weighted by molar-refractivity contribution is 9.10. The Balaban J connectivity index is 1.91. The van der Waals surface area contributed by atoms with Crippen molar-refractivity contribution < 1.29 is 4.79 Å². The van der Waals surface area contributed by atoms with Crippen molar-refractivity contribution in [2.75, 3.05) is 11.4 Å². The first-order chi connectivity index (χ1) is 7.19. The van der Waals surface area contributed by atoms with Gasteiger partial charge in [0.05, 0.1) is 12.1 Å². The summed E-state index contributed by atoms with van der Waals surface area (Å²) in [6.45, 7) is 0.808. The van der Waals surface area contributed by atoms with Crippen molar-refractivity contribution in [1.82, 2.24) is 5.32 Å². The summed E-state index contributed by atoms with van der Waals surface area (Å²) < 4.78 is 1.00. The van der Waals surface area contributed by atoms with E-state index in [9.17, 15) is 4.79 Å². The SMILES string of the molecule is O=C1NC2(CC2)CN1c1cccc(Br)c1. The van der Waals surface area contributed by atoms with Crippen molar-refractivity contribution in [2.24, 2.45) is 0 Å². The zero-order valence-corrected chi connectivity index (χ0v) is 9.75. The molecule has 1 aromatic carbocycles. The Morgan fingerprint density at radius 3 is 2.80 bits per heavy atom. The van der Waals surface area contributed by atoms with Crippen LogP contribution in [0.3, 0.4) is 0 Å². The summed E-state index contributed by atoms with van der Waals surface area (Å²) >= 11 is 3.41. The largest absolute Gasteiger partial charge is 0.330 e. The first-order valence-electron chi connectivity index (χ1n) is 5.04. The van der Waals surface area contributed by atoms with Gasteiger partial charge in [-0.1, -0.05) is 22.0 Å². The van der Waals surface area contributed by atoms with Gasteiger partial charge >= 0.3 is 6.03 Å². The standard InChI is InChI=1S/C11H11BrN2O/c12-8-2-1-3-9(6-8)14-7-11(4-5-11)13-10(14)15/h1-3,6H,4-5,7H2,(H,13,15). The predicted molar refractivity (Wildman–Crippen MR) is 62.0 cm³/mol. The van der Waals surface area contributed by atoms with Crippen LogP contribution in [0.1, 0.15) is 12.8 Å². The smallest absolute Gasteiger partial charge is 0.322 e. The summed E-state index contributed by atoms with van der Waals surface area (Å²) in [6.07, 6.45) is 2.23. The van der Waals surface area contributed by atoms with Gasteiger partial charge in [0.25, 0.3) is 0 Å². The van der Waals surface area contributed by atoms with Crippen LogP contribution >= 0.6 is 15.9 Å². The Kier molecular flexibility index (Phi) is 1.83. The van der Waals surface area contributed by atoms with E-state index in [2.05, 4.69) is 21.2 Å². The third kappa shape index (κ3) is 1.53. The van der Waals surface area contributed by atoms with Crippen molar-refractivity contribution >= 4 is 27.6 Å². The molecule has 0 atom stereocenters. The van der Waals surface area contributed by atoms with Crippen LogP contribution in [0, 0.1) is 0 Å². The van der Waals surface area contributed by atoms with Crippen molar-refractivity contribution in [3.63, 3.8) is 0 Å². The monoisotopic (exact) mass is 266 g/mol. The van der Waals surface area contributed by atoms with Crippen LogP contribution in [0.2, 0.25) is 0 Å². The Labute approximate surface area is 96.6 Å². The third-order valence-electron chi connectivity index (χ3n) is 3.05. The molecule has 2 fully saturated rings. The lowest BCUT2D eigenvalue weighted by Crippen LogP contribution is -2.29. The van der Waals surface area contributed by atoms with E-state index in [-0.39, 0.29) is 11.6 Å². The Bertz CT molecular complexity index is 428. The fourth-order valence-corrected chi connectivity index (χ4v) is 2.38. The second kappa shape index (κ2) is 2.98. The number of halogens is 1. The second-order valence-corrected chi connectivity index (χ2v) is 5.19. The lowest BCUT2D eigenvalue weighted by atomic mass is 10.2. The first-order valence-corrected chi connectivity index (χ1v) is 5.83. The minimum absolute atomic E-state index is 0.0330. The maximum Gasteiger partial charge on any atom is 0.322 e. The molecule has 0 radical (unpaired) electrons. The van der Waals surface area contributed by atoms with Gasteiger partial charge < -0.3 is 5.32 Å². The summed E-state index contributed by atoms with van der Waals surface area (Å²) in [7, 11) is 0. The number of urea groups is 1. The van der Waals surface area contributed by atoms with Gasteiger partial charge in [0.15, 0.2) is 0 Å². The minimum atomic E-state index is 0.0330. The highest BCUT2D eigenvalue weighted by Crippen LogP contribution is 2.41. The molecule has 3 rings (SSSR count). The zero-order valence-electron chi connectivity index (χ0n) is 8.16. The van der Waals surface area contributed by atoms with Crippen LogP contribution in [0.15, 0.2) is 28.7 Å². The number of rotatable bonds is 1. The molecule has 4 heteroatoms. The van der Waals surface area contributed by atoms with Gasteiger partial charge in [0, 0.05) is 10.2 Å². The van der Waals surface area contributed by atoms with Gasteiger partial charge in [-0.05, 0) is 31.0 Å². The van der Waals surface area contributed by atoms with Crippen molar-refractivity contribution in [3.05, 3.63) is 28.7 Å². The molecule has 1 heterocycles. The number of carbonyl (C=O) groups is 1. The molecule has 1 saturated carbocycles. The lowest BCUT2D eigenvalue weighted by Gasteiger charge is -2.14. The molecule has 0 aromatic heterocycles. The van der Waals surface area contributed by atoms with E-state index in [0.717, 1.165) is 29.5 Å². The molecule has 78 valence electrons. The van der Waals surface area contributed by atoms with Gasteiger partial charge in [0.2, 0.25) is 0 Å². The molecular formula is C11H11BrN2O. The molecule has 1 aliphatic carbocycles. The van der Waals surface area contributed by atoms with E-state index >= 15 is 0 Å². The predicted octanol–water partition coefficient (Wildman–Crippen LogP) is 2.51. The Morgan fingerprint density at radius 2 is 2.20 bits per heavy atom.